The predicted molar refractivity (Wildman–Crippen MR) is 192 cm³/mol. The molecule has 4 atom stereocenters. The Morgan fingerprint density at radius 1 is 1.00 bits per heavy atom. The molecule has 1 aliphatic carbocycles. The molecule has 1 saturated carbocycles. The largest absolute Gasteiger partial charge is 0.465 e. The molecule has 54 heavy (non-hydrogen) atoms. The van der Waals surface area contributed by atoms with Crippen LogP contribution in [0.3, 0.4) is 0 Å². The molecular formula is C36H48N10O8. The first-order valence-electron chi connectivity index (χ1n) is 18.3. The number of nitrogens with zero attached hydrogens (tertiary/aromatic N) is 6. The first-order valence-corrected chi connectivity index (χ1v) is 18.3. The lowest BCUT2D eigenvalue weighted by atomic mass is 9.84. The van der Waals surface area contributed by atoms with Crippen LogP contribution in [0, 0.1) is 5.92 Å². The van der Waals surface area contributed by atoms with Crippen LogP contribution in [-0.4, -0.2) is 107 Å². The van der Waals surface area contributed by atoms with E-state index in [1.54, 1.807) is 38.2 Å². The Hall–Kier alpha value is -5.52. The van der Waals surface area contributed by atoms with E-state index in [1.165, 1.54) is 22.0 Å². The predicted octanol–water partition coefficient (Wildman–Crippen LogP) is 1.34. The Balaban J connectivity index is 1.45. The monoisotopic (exact) mass is 748 g/mol. The van der Waals surface area contributed by atoms with E-state index in [-0.39, 0.29) is 44.0 Å². The van der Waals surface area contributed by atoms with Crippen molar-refractivity contribution in [3.05, 3.63) is 48.2 Å². The molecule has 0 aromatic carbocycles. The molecule has 2 aliphatic rings. The maximum absolute atomic E-state index is 14.8. The van der Waals surface area contributed by atoms with Crippen LogP contribution < -0.4 is 21.7 Å². The van der Waals surface area contributed by atoms with Crippen LogP contribution >= 0.6 is 0 Å². The summed E-state index contributed by atoms with van der Waals surface area (Å²) in [6, 6.07) is 0.865. The van der Waals surface area contributed by atoms with E-state index in [0.717, 1.165) is 32.1 Å². The minimum absolute atomic E-state index is 0.00463. The second-order valence-electron chi connectivity index (χ2n) is 14.5. The highest BCUT2D eigenvalue weighted by molar-refractivity contribution is 6.37. The van der Waals surface area contributed by atoms with Gasteiger partial charge in [0.2, 0.25) is 17.6 Å². The second kappa shape index (κ2) is 17.5. The van der Waals surface area contributed by atoms with E-state index in [0.29, 0.717) is 29.4 Å². The minimum atomic E-state index is -1.37. The molecule has 3 aromatic heterocycles. The summed E-state index contributed by atoms with van der Waals surface area (Å²) in [5, 5.41) is 36.2. The van der Waals surface area contributed by atoms with Gasteiger partial charge in [-0.1, -0.05) is 37.3 Å². The maximum Gasteiger partial charge on any atom is 0.404 e. The van der Waals surface area contributed by atoms with Gasteiger partial charge in [0.25, 0.3) is 11.8 Å². The average Bonchev–Trinajstić information content (AvgIpc) is 3.82. The molecule has 0 spiro atoms. The number of carbonyl (C=O) groups is 6. The quantitative estimate of drug-likeness (QED) is 0.0896. The number of nitrogens with one attached hydrogen (secondary N) is 3. The summed E-state index contributed by atoms with van der Waals surface area (Å²) in [7, 11) is 0. The van der Waals surface area contributed by atoms with Crippen molar-refractivity contribution in [2.45, 2.75) is 108 Å². The van der Waals surface area contributed by atoms with Crippen molar-refractivity contribution in [3.63, 3.8) is 0 Å². The third kappa shape index (κ3) is 9.71. The van der Waals surface area contributed by atoms with Crippen LogP contribution in [0.1, 0.15) is 100 Å². The molecule has 1 aliphatic heterocycles. The van der Waals surface area contributed by atoms with Crippen LogP contribution in [0.4, 0.5) is 4.79 Å². The van der Waals surface area contributed by atoms with Crippen LogP contribution in [-0.2, 0) is 24.8 Å². The molecular weight excluding hydrogens is 700 g/mol. The first-order chi connectivity index (χ1) is 25.7. The Morgan fingerprint density at radius 2 is 1.76 bits per heavy atom. The molecule has 5 rings (SSSR count). The van der Waals surface area contributed by atoms with Crippen molar-refractivity contribution in [1.29, 1.82) is 0 Å². The van der Waals surface area contributed by atoms with E-state index in [4.69, 9.17) is 10.8 Å². The van der Waals surface area contributed by atoms with Gasteiger partial charge in [0.1, 0.15) is 23.4 Å². The first kappa shape index (κ1) is 39.7. The number of hydrogen-bond acceptors (Lipinski definition) is 11. The van der Waals surface area contributed by atoms with Gasteiger partial charge in [0, 0.05) is 37.3 Å². The molecule has 1 saturated heterocycles. The van der Waals surface area contributed by atoms with E-state index < -0.39 is 65.3 Å². The number of primary amides is 1. The Labute approximate surface area is 311 Å². The van der Waals surface area contributed by atoms with Gasteiger partial charge in [-0.2, -0.15) is 0 Å². The lowest BCUT2D eigenvalue weighted by Crippen LogP contribution is -2.56. The van der Waals surface area contributed by atoms with Crippen molar-refractivity contribution in [2.24, 2.45) is 11.7 Å². The fourth-order valence-corrected chi connectivity index (χ4v) is 7.40. The molecule has 3 aromatic rings. The van der Waals surface area contributed by atoms with Gasteiger partial charge in [-0.25, -0.2) is 9.48 Å². The zero-order valence-corrected chi connectivity index (χ0v) is 30.4. The fraction of sp³-hybridized carbons (Fsp3) is 0.556. The number of fused-ring (bicyclic) bond motifs is 1. The van der Waals surface area contributed by atoms with E-state index in [1.807, 2.05) is 0 Å². The van der Waals surface area contributed by atoms with E-state index in [9.17, 15) is 33.9 Å². The highest BCUT2D eigenvalue weighted by Gasteiger charge is 2.45. The standard InChI is InChI=1S/C36H48N10O8/c1-36(2,54)28-19-41-44-46(28)22-18-27(32(49)42-25(30(47)31(37)48)12-6-7-14-40-35(52)53)45(20-22)34(51)26(17-21-9-4-3-5-10-21)43-33(50)29-23-11-8-15-38-24(23)13-16-39-29/h8,11,13,15-16,19,21-22,25-27,40,54H,3-7,9-10,12,14,17-18,20H2,1-2H3,(H2,37,48)(H,42,49)(H,43,50)(H,52,53)/t22-,25?,26?,27-/m0/s1. The van der Waals surface area contributed by atoms with Gasteiger partial charge in [-0.15, -0.1) is 5.10 Å². The molecule has 0 radical (unpaired) electrons. The third-order valence-corrected chi connectivity index (χ3v) is 10.1. The molecule has 0 bridgehead atoms. The number of unbranched alkanes of at least 4 members (excludes halogenated alkanes) is 1. The van der Waals surface area contributed by atoms with Crippen molar-refractivity contribution in [1.82, 2.24) is 45.8 Å². The number of rotatable bonds is 16. The number of carboxylic acid groups (broad SMARTS) is 1. The normalized spacial score (nSPS) is 18.8. The molecule has 290 valence electrons. The highest BCUT2D eigenvalue weighted by atomic mass is 16.4. The van der Waals surface area contributed by atoms with Crippen molar-refractivity contribution in [3.8, 4) is 0 Å². The summed E-state index contributed by atoms with van der Waals surface area (Å²) in [5.74, 6) is -4.01. The number of amides is 5. The zero-order chi connectivity index (χ0) is 39.0. The van der Waals surface area contributed by atoms with Crippen LogP contribution in [0.15, 0.2) is 36.8 Å². The minimum Gasteiger partial charge on any atom is -0.465 e. The molecule has 7 N–H and O–H groups in total. The number of ketones is 1. The maximum atomic E-state index is 14.8. The lowest BCUT2D eigenvalue weighted by Gasteiger charge is -2.32. The fourth-order valence-electron chi connectivity index (χ4n) is 7.40. The van der Waals surface area contributed by atoms with Gasteiger partial charge in [-0.05, 0) is 63.6 Å². The van der Waals surface area contributed by atoms with Gasteiger partial charge >= 0.3 is 6.09 Å². The average molecular weight is 749 g/mol. The van der Waals surface area contributed by atoms with Gasteiger partial charge < -0.3 is 36.8 Å². The summed E-state index contributed by atoms with van der Waals surface area (Å²) in [5.41, 5.74) is 4.96. The molecule has 2 fully saturated rings. The molecule has 18 heteroatoms. The molecule has 5 amide bonds. The van der Waals surface area contributed by atoms with Crippen LogP contribution in [0.5, 0.6) is 0 Å². The Bertz CT molecular complexity index is 1850. The van der Waals surface area contributed by atoms with Crippen molar-refractivity contribution >= 4 is 46.4 Å². The topological polar surface area (TPSA) is 265 Å². The summed E-state index contributed by atoms with van der Waals surface area (Å²) < 4.78 is 1.47. The smallest absolute Gasteiger partial charge is 0.404 e. The number of carbonyl (C=O) groups excluding carboxylic acids is 5. The highest BCUT2D eigenvalue weighted by Crippen LogP contribution is 2.33. The second-order valence-corrected chi connectivity index (χ2v) is 14.5. The number of nitrogens with two attached hydrogens (primary N) is 1. The van der Waals surface area contributed by atoms with Crippen LogP contribution in [0.2, 0.25) is 0 Å². The number of aliphatic hydroxyl groups is 1. The van der Waals surface area contributed by atoms with Gasteiger partial charge in [0.05, 0.1) is 29.5 Å². The summed E-state index contributed by atoms with van der Waals surface area (Å²) in [4.78, 5) is 88.5. The SMILES string of the molecule is CC(C)(O)c1cnnn1[C@H]1C[C@@H](C(=O)NC(CCCCNC(=O)O)C(=O)C(N)=O)N(C(=O)C(CC2CCCCC2)NC(=O)c2nccc3ncccc23)C1. The number of pyridine rings is 2. The van der Waals surface area contributed by atoms with Crippen molar-refractivity contribution < 1.29 is 39.0 Å². The Kier molecular flexibility index (Phi) is 12.9. The van der Waals surface area contributed by atoms with Crippen molar-refractivity contribution in [2.75, 3.05) is 13.1 Å². The van der Waals surface area contributed by atoms with E-state index >= 15 is 0 Å². The number of likely N-dealkylation sites (tertiary alicyclic amines) is 1. The third-order valence-electron chi connectivity index (χ3n) is 10.1. The van der Waals surface area contributed by atoms with Gasteiger partial charge in [0.15, 0.2) is 0 Å². The zero-order valence-electron chi connectivity index (χ0n) is 30.4. The van der Waals surface area contributed by atoms with Crippen LogP contribution in [0.25, 0.3) is 10.9 Å². The van der Waals surface area contributed by atoms with E-state index in [2.05, 4.69) is 36.2 Å². The summed E-state index contributed by atoms with van der Waals surface area (Å²) >= 11 is 0. The molecule has 2 unspecified atom stereocenters. The number of Topliss-reactive ketones (excluding diaryl/α,β-unsaturated/α-hetero) is 1. The van der Waals surface area contributed by atoms with Gasteiger partial charge in [-0.3, -0.25) is 33.9 Å². The number of hydrogen-bond donors (Lipinski definition) is 6. The molecule has 4 heterocycles. The Morgan fingerprint density at radius 3 is 2.46 bits per heavy atom. The molecule has 18 nitrogen and oxygen atoms in total. The lowest BCUT2D eigenvalue weighted by molar-refractivity contribution is -0.142. The summed E-state index contributed by atoms with van der Waals surface area (Å²) in [6.45, 7) is 3.16. The number of aromatic nitrogens is 5. The summed E-state index contributed by atoms with van der Waals surface area (Å²) in [6.07, 6.45) is 8.94.